The van der Waals surface area contributed by atoms with Crippen LogP contribution in [0.3, 0.4) is 0 Å². The van der Waals surface area contributed by atoms with Crippen molar-refractivity contribution in [2.75, 3.05) is 26.1 Å². The third kappa shape index (κ3) is 6.63. The van der Waals surface area contributed by atoms with Crippen LogP contribution in [-0.2, 0) is 4.74 Å². The first kappa shape index (κ1) is 14.2. The van der Waals surface area contributed by atoms with Gasteiger partial charge < -0.3 is 10.1 Å². The van der Waals surface area contributed by atoms with Crippen molar-refractivity contribution < 1.29 is 4.74 Å². The molecule has 0 spiro atoms. The Labute approximate surface area is 93.4 Å². The summed E-state index contributed by atoms with van der Waals surface area (Å²) in [6.07, 6.45) is 4.47. The van der Waals surface area contributed by atoms with E-state index in [1.165, 1.54) is 6.42 Å². The second kappa shape index (κ2) is 8.51. The molecule has 1 N–H and O–H groups in total. The molecule has 0 saturated carbocycles. The van der Waals surface area contributed by atoms with Crippen LogP contribution in [-0.4, -0.2) is 31.7 Å². The van der Waals surface area contributed by atoms with Gasteiger partial charge in [-0.3, -0.25) is 0 Å². The van der Waals surface area contributed by atoms with Crippen LogP contribution in [0, 0.1) is 0 Å². The molecule has 86 valence electrons. The van der Waals surface area contributed by atoms with E-state index in [0.29, 0.717) is 0 Å². The van der Waals surface area contributed by atoms with Crippen LogP contribution in [0.2, 0.25) is 0 Å². The first-order valence-electron chi connectivity index (χ1n) is 5.48. The number of alkyl halides is 1. The Hall–Kier alpha value is 0.210. The molecule has 3 heteroatoms. The summed E-state index contributed by atoms with van der Waals surface area (Å²) in [5.41, 5.74) is 0.217. The molecule has 0 heterocycles. The zero-order chi connectivity index (χ0) is 10.9. The minimum Gasteiger partial charge on any atom is -0.385 e. The first-order valence-corrected chi connectivity index (χ1v) is 6.02. The molecule has 0 radical (unpaired) electrons. The molecule has 1 atom stereocenters. The van der Waals surface area contributed by atoms with Crippen molar-refractivity contribution in [1.29, 1.82) is 0 Å². The summed E-state index contributed by atoms with van der Waals surface area (Å²) in [6.45, 7) is 6.37. The fourth-order valence-electron chi connectivity index (χ4n) is 1.36. The second-order valence-corrected chi connectivity index (χ2v) is 4.36. The molecule has 0 saturated heterocycles. The summed E-state index contributed by atoms with van der Waals surface area (Å²) < 4.78 is 5.00. The van der Waals surface area contributed by atoms with E-state index >= 15 is 0 Å². The normalized spacial score (nSPS) is 15.4. The minimum absolute atomic E-state index is 0.217. The van der Waals surface area contributed by atoms with Gasteiger partial charge in [-0.25, -0.2) is 0 Å². The molecule has 0 aliphatic rings. The van der Waals surface area contributed by atoms with Crippen LogP contribution in [0.1, 0.15) is 39.5 Å². The third-order valence-corrected chi connectivity index (χ3v) is 2.94. The number of hydrogen-bond acceptors (Lipinski definition) is 2. The van der Waals surface area contributed by atoms with Gasteiger partial charge in [-0.1, -0.05) is 6.92 Å². The highest BCUT2D eigenvalue weighted by Crippen LogP contribution is 2.14. The Morgan fingerprint density at radius 2 is 2.07 bits per heavy atom. The van der Waals surface area contributed by atoms with E-state index in [2.05, 4.69) is 19.2 Å². The van der Waals surface area contributed by atoms with Crippen molar-refractivity contribution in [2.45, 2.75) is 45.1 Å². The van der Waals surface area contributed by atoms with Gasteiger partial charge in [-0.15, -0.1) is 11.6 Å². The first-order chi connectivity index (χ1) is 6.68. The average molecular weight is 222 g/mol. The van der Waals surface area contributed by atoms with Gasteiger partial charge in [0, 0.05) is 25.1 Å². The van der Waals surface area contributed by atoms with Crippen LogP contribution in [0.15, 0.2) is 0 Å². The molecular formula is C11H24ClNO. The van der Waals surface area contributed by atoms with E-state index in [1.54, 1.807) is 7.11 Å². The van der Waals surface area contributed by atoms with Gasteiger partial charge in [0.25, 0.3) is 0 Å². The Morgan fingerprint density at radius 3 is 2.57 bits per heavy atom. The fourth-order valence-corrected chi connectivity index (χ4v) is 1.78. The molecule has 0 aliphatic carbocycles. The van der Waals surface area contributed by atoms with Crippen LogP contribution in [0.25, 0.3) is 0 Å². The lowest BCUT2D eigenvalue weighted by atomic mass is 9.95. The molecule has 14 heavy (non-hydrogen) atoms. The third-order valence-electron chi connectivity index (χ3n) is 2.75. The maximum atomic E-state index is 5.77. The SMILES string of the molecule is CCC(C)(CCCl)NCCCCOC. The van der Waals surface area contributed by atoms with E-state index in [0.717, 1.165) is 38.3 Å². The van der Waals surface area contributed by atoms with Crippen molar-refractivity contribution in [3.8, 4) is 0 Å². The molecule has 2 nitrogen and oxygen atoms in total. The summed E-state index contributed by atoms with van der Waals surface area (Å²) in [6, 6.07) is 0. The molecule has 0 aromatic rings. The number of hydrogen-bond donors (Lipinski definition) is 1. The lowest BCUT2D eigenvalue weighted by Crippen LogP contribution is -2.42. The Balaban J connectivity index is 3.51. The molecule has 0 amide bonds. The minimum atomic E-state index is 0.217. The van der Waals surface area contributed by atoms with Crippen molar-refractivity contribution >= 4 is 11.6 Å². The smallest absolute Gasteiger partial charge is 0.0462 e. The summed E-state index contributed by atoms with van der Waals surface area (Å²) in [4.78, 5) is 0. The molecule has 1 unspecified atom stereocenters. The van der Waals surface area contributed by atoms with Crippen molar-refractivity contribution in [3.63, 3.8) is 0 Å². The monoisotopic (exact) mass is 221 g/mol. The van der Waals surface area contributed by atoms with Crippen LogP contribution in [0.4, 0.5) is 0 Å². The average Bonchev–Trinajstić information content (AvgIpc) is 2.18. The predicted molar refractivity (Wildman–Crippen MR) is 63.1 cm³/mol. The molecule has 0 aromatic carbocycles. The van der Waals surface area contributed by atoms with Crippen molar-refractivity contribution in [3.05, 3.63) is 0 Å². The summed E-state index contributed by atoms with van der Waals surface area (Å²) in [5, 5.41) is 3.57. The van der Waals surface area contributed by atoms with Crippen LogP contribution >= 0.6 is 11.6 Å². The molecule has 0 aromatic heterocycles. The fraction of sp³-hybridized carbons (Fsp3) is 1.00. The molecule has 0 aliphatic heterocycles. The summed E-state index contributed by atoms with van der Waals surface area (Å²) in [5.74, 6) is 0.732. The zero-order valence-electron chi connectivity index (χ0n) is 9.74. The molecule has 0 fully saturated rings. The number of rotatable bonds is 9. The standard InChI is InChI=1S/C11H24ClNO/c1-4-11(2,7-8-12)13-9-5-6-10-14-3/h13H,4-10H2,1-3H3. The zero-order valence-corrected chi connectivity index (χ0v) is 10.5. The molecule has 0 rings (SSSR count). The summed E-state index contributed by atoms with van der Waals surface area (Å²) >= 11 is 5.77. The summed E-state index contributed by atoms with van der Waals surface area (Å²) in [7, 11) is 1.75. The van der Waals surface area contributed by atoms with Gasteiger partial charge in [0.1, 0.15) is 0 Å². The Morgan fingerprint density at radius 1 is 1.36 bits per heavy atom. The van der Waals surface area contributed by atoms with Crippen molar-refractivity contribution in [2.24, 2.45) is 0 Å². The Bertz CT molecular complexity index is 132. The lowest BCUT2D eigenvalue weighted by Gasteiger charge is -2.29. The van der Waals surface area contributed by atoms with E-state index < -0.39 is 0 Å². The topological polar surface area (TPSA) is 21.3 Å². The van der Waals surface area contributed by atoms with Gasteiger partial charge >= 0.3 is 0 Å². The predicted octanol–water partition coefficient (Wildman–Crippen LogP) is 2.80. The van der Waals surface area contributed by atoms with Crippen molar-refractivity contribution in [1.82, 2.24) is 5.32 Å². The largest absolute Gasteiger partial charge is 0.385 e. The van der Waals surface area contributed by atoms with Gasteiger partial charge in [0.05, 0.1) is 0 Å². The van der Waals surface area contributed by atoms with Crippen LogP contribution < -0.4 is 5.32 Å². The highest BCUT2D eigenvalue weighted by Gasteiger charge is 2.19. The van der Waals surface area contributed by atoms with E-state index in [-0.39, 0.29) is 5.54 Å². The number of nitrogens with one attached hydrogen (secondary N) is 1. The van der Waals surface area contributed by atoms with Crippen LogP contribution in [0.5, 0.6) is 0 Å². The highest BCUT2D eigenvalue weighted by molar-refractivity contribution is 6.17. The van der Waals surface area contributed by atoms with E-state index in [4.69, 9.17) is 16.3 Å². The van der Waals surface area contributed by atoms with Gasteiger partial charge in [-0.2, -0.15) is 0 Å². The quantitative estimate of drug-likeness (QED) is 0.478. The molecular weight excluding hydrogens is 198 g/mol. The number of ether oxygens (including phenoxy) is 1. The van der Waals surface area contributed by atoms with Gasteiger partial charge in [-0.05, 0) is 39.2 Å². The Kier molecular flexibility index (Phi) is 8.64. The number of unbranched alkanes of at least 4 members (excludes halogenated alkanes) is 1. The maximum absolute atomic E-state index is 5.77. The van der Waals surface area contributed by atoms with E-state index in [1.807, 2.05) is 0 Å². The van der Waals surface area contributed by atoms with Gasteiger partial charge in [0.2, 0.25) is 0 Å². The molecule has 0 bridgehead atoms. The van der Waals surface area contributed by atoms with E-state index in [9.17, 15) is 0 Å². The lowest BCUT2D eigenvalue weighted by molar-refractivity contribution is 0.191. The number of halogens is 1. The maximum Gasteiger partial charge on any atom is 0.0462 e. The number of methoxy groups -OCH3 is 1. The van der Waals surface area contributed by atoms with Gasteiger partial charge in [0.15, 0.2) is 0 Å². The highest BCUT2D eigenvalue weighted by atomic mass is 35.5. The second-order valence-electron chi connectivity index (χ2n) is 3.98.